The van der Waals surface area contributed by atoms with Crippen LogP contribution in [0.15, 0.2) is 18.3 Å². The summed E-state index contributed by atoms with van der Waals surface area (Å²) in [6, 6.07) is 3.23. The Labute approximate surface area is 87.7 Å². The number of hydrogen-bond donors (Lipinski definition) is 3. The monoisotopic (exact) mass is 210 g/mol. The molecule has 1 aromatic rings. The molecule has 0 atom stereocenters. The number of hydrazine groups is 1. The second-order valence-electron chi connectivity index (χ2n) is 3.03. The number of rotatable bonds is 4. The minimum atomic E-state index is -0.180. The average molecular weight is 210 g/mol. The number of hydrogen-bond acceptors (Lipinski definition) is 5. The number of carbonyl (C=O) groups excluding carboxylic acids is 1. The lowest BCUT2D eigenvalue weighted by Gasteiger charge is -2.15. The predicted octanol–water partition coefficient (Wildman–Crippen LogP) is -0.569. The van der Waals surface area contributed by atoms with Gasteiger partial charge in [-0.15, -0.1) is 0 Å². The van der Waals surface area contributed by atoms with E-state index in [4.69, 9.17) is 10.9 Å². The van der Waals surface area contributed by atoms with Crippen molar-refractivity contribution in [2.45, 2.75) is 0 Å². The fourth-order valence-electron chi connectivity index (χ4n) is 1.08. The van der Waals surface area contributed by atoms with E-state index in [0.29, 0.717) is 17.9 Å². The van der Waals surface area contributed by atoms with Crippen molar-refractivity contribution in [3.8, 4) is 0 Å². The van der Waals surface area contributed by atoms with Gasteiger partial charge in [0.05, 0.1) is 12.2 Å². The summed E-state index contributed by atoms with van der Waals surface area (Å²) in [6.45, 7) is 0.244. The van der Waals surface area contributed by atoms with Gasteiger partial charge in [-0.05, 0) is 12.1 Å². The number of carbonyl (C=O) groups is 1. The van der Waals surface area contributed by atoms with Crippen LogP contribution < -0.4 is 11.3 Å². The third-order valence-corrected chi connectivity index (χ3v) is 1.94. The molecule has 0 aliphatic carbocycles. The zero-order chi connectivity index (χ0) is 11.3. The average Bonchev–Trinajstić information content (AvgIpc) is 2.28. The number of aliphatic hydroxyl groups excluding tert-OH is 1. The van der Waals surface area contributed by atoms with E-state index < -0.39 is 0 Å². The molecule has 6 nitrogen and oxygen atoms in total. The summed E-state index contributed by atoms with van der Waals surface area (Å²) in [5.41, 5.74) is 2.83. The lowest BCUT2D eigenvalue weighted by atomic mass is 10.2. The largest absolute Gasteiger partial charge is 0.395 e. The number of nitrogens with zero attached hydrogens (tertiary/aromatic N) is 2. The molecule has 0 fully saturated rings. The Morgan fingerprint density at radius 1 is 1.67 bits per heavy atom. The van der Waals surface area contributed by atoms with Crippen LogP contribution in [0.4, 0.5) is 5.82 Å². The van der Waals surface area contributed by atoms with E-state index in [9.17, 15) is 4.79 Å². The first-order valence-electron chi connectivity index (χ1n) is 4.48. The first kappa shape index (κ1) is 11.4. The molecule has 0 spiro atoms. The van der Waals surface area contributed by atoms with Crippen molar-refractivity contribution in [2.24, 2.45) is 5.84 Å². The maximum Gasteiger partial charge on any atom is 0.255 e. The Morgan fingerprint density at radius 3 is 2.87 bits per heavy atom. The molecule has 0 aliphatic heterocycles. The number of amides is 1. The first-order valence-corrected chi connectivity index (χ1v) is 4.48. The van der Waals surface area contributed by atoms with Crippen molar-refractivity contribution in [1.29, 1.82) is 0 Å². The minimum Gasteiger partial charge on any atom is -0.395 e. The van der Waals surface area contributed by atoms with E-state index >= 15 is 0 Å². The summed E-state index contributed by atoms with van der Waals surface area (Å²) in [7, 11) is 1.62. The van der Waals surface area contributed by atoms with Crippen LogP contribution in [-0.2, 0) is 0 Å². The quantitative estimate of drug-likeness (QED) is 0.457. The molecule has 0 aromatic carbocycles. The molecular formula is C9H14N4O2. The second kappa shape index (κ2) is 5.28. The van der Waals surface area contributed by atoms with Crippen LogP contribution in [0.2, 0.25) is 0 Å². The molecule has 0 bridgehead atoms. The lowest BCUT2D eigenvalue weighted by molar-refractivity contribution is 0.0766. The first-order chi connectivity index (χ1) is 7.19. The van der Waals surface area contributed by atoms with Gasteiger partial charge in [-0.2, -0.15) is 0 Å². The zero-order valence-corrected chi connectivity index (χ0v) is 8.47. The van der Waals surface area contributed by atoms with Crippen molar-refractivity contribution in [1.82, 2.24) is 9.88 Å². The van der Waals surface area contributed by atoms with E-state index in [-0.39, 0.29) is 12.5 Å². The summed E-state index contributed by atoms with van der Waals surface area (Å²) in [5.74, 6) is 5.46. The van der Waals surface area contributed by atoms with Gasteiger partial charge in [0.15, 0.2) is 0 Å². The predicted molar refractivity (Wildman–Crippen MR) is 56.1 cm³/mol. The fraction of sp³-hybridized carbons (Fsp3) is 0.333. The zero-order valence-electron chi connectivity index (χ0n) is 8.47. The van der Waals surface area contributed by atoms with Crippen molar-refractivity contribution in [3.63, 3.8) is 0 Å². The molecule has 1 rings (SSSR count). The van der Waals surface area contributed by atoms with Crippen LogP contribution in [0.5, 0.6) is 0 Å². The van der Waals surface area contributed by atoms with Crippen LogP contribution in [0.3, 0.4) is 0 Å². The molecule has 82 valence electrons. The number of aromatic nitrogens is 1. The van der Waals surface area contributed by atoms with Gasteiger partial charge in [0.2, 0.25) is 0 Å². The molecule has 6 heteroatoms. The van der Waals surface area contributed by atoms with Gasteiger partial charge < -0.3 is 15.4 Å². The molecule has 0 saturated heterocycles. The standard InChI is InChI=1S/C9H14N4O2/c1-13(4-5-14)9(15)7-2-3-8(12-10)11-6-7/h2-3,6,14H,4-5,10H2,1H3,(H,11,12). The van der Waals surface area contributed by atoms with Gasteiger partial charge in [-0.1, -0.05) is 0 Å². The highest BCUT2D eigenvalue weighted by molar-refractivity contribution is 5.93. The molecule has 1 amide bonds. The van der Waals surface area contributed by atoms with E-state index in [1.807, 2.05) is 0 Å². The van der Waals surface area contributed by atoms with Crippen LogP contribution >= 0.6 is 0 Å². The van der Waals surface area contributed by atoms with Gasteiger partial charge in [0.1, 0.15) is 5.82 Å². The van der Waals surface area contributed by atoms with Crippen LogP contribution in [-0.4, -0.2) is 41.1 Å². The summed E-state index contributed by atoms with van der Waals surface area (Å²) in [6.07, 6.45) is 1.44. The molecule has 1 aromatic heterocycles. The Hall–Kier alpha value is -1.66. The third-order valence-electron chi connectivity index (χ3n) is 1.94. The van der Waals surface area contributed by atoms with E-state index in [1.165, 1.54) is 11.1 Å². The normalized spacial score (nSPS) is 9.80. The van der Waals surface area contributed by atoms with Gasteiger partial charge in [-0.3, -0.25) is 4.79 Å². The molecular weight excluding hydrogens is 196 g/mol. The molecule has 4 N–H and O–H groups in total. The van der Waals surface area contributed by atoms with E-state index in [2.05, 4.69) is 10.4 Å². The van der Waals surface area contributed by atoms with Crippen molar-refractivity contribution >= 4 is 11.7 Å². The summed E-state index contributed by atoms with van der Waals surface area (Å²) >= 11 is 0. The van der Waals surface area contributed by atoms with E-state index in [0.717, 1.165) is 0 Å². The number of nitrogens with two attached hydrogens (primary N) is 1. The third kappa shape index (κ3) is 2.90. The molecule has 0 unspecified atom stereocenters. The molecule has 0 aliphatic rings. The van der Waals surface area contributed by atoms with Gasteiger partial charge in [-0.25, -0.2) is 10.8 Å². The Kier molecular flexibility index (Phi) is 4.02. The van der Waals surface area contributed by atoms with Crippen LogP contribution in [0.25, 0.3) is 0 Å². The smallest absolute Gasteiger partial charge is 0.255 e. The van der Waals surface area contributed by atoms with Crippen molar-refractivity contribution in [2.75, 3.05) is 25.6 Å². The second-order valence-corrected chi connectivity index (χ2v) is 3.03. The van der Waals surface area contributed by atoms with E-state index in [1.54, 1.807) is 19.2 Å². The molecule has 0 saturated carbocycles. The number of aliphatic hydroxyl groups is 1. The minimum absolute atomic E-state index is 0.0574. The highest BCUT2D eigenvalue weighted by Crippen LogP contribution is 2.05. The Bertz CT molecular complexity index is 325. The number of nitrogens with one attached hydrogen (secondary N) is 1. The van der Waals surface area contributed by atoms with Gasteiger partial charge in [0, 0.05) is 19.8 Å². The fourth-order valence-corrected chi connectivity index (χ4v) is 1.08. The van der Waals surface area contributed by atoms with Crippen molar-refractivity contribution < 1.29 is 9.90 Å². The highest BCUT2D eigenvalue weighted by atomic mass is 16.3. The molecule has 15 heavy (non-hydrogen) atoms. The lowest BCUT2D eigenvalue weighted by Crippen LogP contribution is -2.29. The number of nitrogen functional groups attached to an aromatic ring is 1. The SMILES string of the molecule is CN(CCO)C(=O)c1ccc(NN)nc1. The summed E-state index contributed by atoms with van der Waals surface area (Å²) in [5, 5.41) is 8.68. The molecule has 1 heterocycles. The van der Waals surface area contributed by atoms with Gasteiger partial charge in [0.25, 0.3) is 5.91 Å². The number of pyridine rings is 1. The van der Waals surface area contributed by atoms with Crippen LogP contribution in [0.1, 0.15) is 10.4 Å². The Balaban J connectivity index is 2.73. The van der Waals surface area contributed by atoms with Crippen LogP contribution in [0, 0.1) is 0 Å². The van der Waals surface area contributed by atoms with Gasteiger partial charge >= 0.3 is 0 Å². The summed E-state index contributed by atoms with van der Waals surface area (Å²) in [4.78, 5) is 17.0. The number of likely N-dealkylation sites (N-methyl/N-ethyl adjacent to an activating group) is 1. The number of anilines is 1. The topological polar surface area (TPSA) is 91.5 Å². The Morgan fingerprint density at radius 2 is 2.40 bits per heavy atom. The summed E-state index contributed by atoms with van der Waals surface area (Å²) < 4.78 is 0. The highest BCUT2D eigenvalue weighted by Gasteiger charge is 2.10. The maximum absolute atomic E-state index is 11.7. The maximum atomic E-state index is 11.7. The van der Waals surface area contributed by atoms with Crippen molar-refractivity contribution in [3.05, 3.63) is 23.9 Å². The molecule has 0 radical (unpaired) electrons.